The monoisotopic (exact) mass is 423 g/mol. The lowest BCUT2D eigenvalue weighted by molar-refractivity contribution is 0.482. The lowest BCUT2D eigenvalue weighted by atomic mass is 10.0. The molecule has 0 bridgehead atoms. The van der Waals surface area contributed by atoms with E-state index in [0.717, 1.165) is 34.9 Å². The number of nitrogens with one attached hydrogen (secondary N) is 3. The lowest BCUT2D eigenvalue weighted by Gasteiger charge is -2.14. The van der Waals surface area contributed by atoms with E-state index in [4.69, 9.17) is 10.1 Å². The summed E-state index contributed by atoms with van der Waals surface area (Å²) in [5.74, 6) is 2.12. The Kier molecular flexibility index (Phi) is 6.72. The minimum atomic E-state index is 0.347. The van der Waals surface area contributed by atoms with Crippen molar-refractivity contribution in [2.75, 3.05) is 17.2 Å². The standard InChI is InChI=1S/C26H25N5O/c1-2-29-24-11-7-6-8-20(24)16-30-26-23(17-28-18-31-26)25(27)19-12-14-22(15-13-19)32-21-9-4-3-5-10-21/h3-15,17-18,27,29H,2,16H2,1H3,(H,28,30,31). The van der Waals surface area contributed by atoms with Gasteiger partial charge in [-0.3, -0.25) is 5.41 Å². The molecule has 0 atom stereocenters. The first-order chi connectivity index (χ1) is 15.7. The van der Waals surface area contributed by atoms with E-state index in [2.05, 4.69) is 39.7 Å². The number of aromatic nitrogens is 2. The Labute approximate surface area is 187 Å². The van der Waals surface area contributed by atoms with Gasteiger partial charge in [-0.2, -0.15) is 0 Å². The first-order valence-corrected chi connectivity index (χ1v) is 10.5. The maximum Gasteiger partial charge on any atom is 0.139 e. The zero-order valence-corrected chi connectivity index (χ0v) is 17.9. The van der Waals surface area contributed by atoms with Gasteiger partial charge in [0.2, 0.25) is 0 Å². The third kappa shape index (κ3) is 5.10. The third-order valence-corrected chi connectivity index (χ3v) is 4.93. The van der Waals surface area contributed by atoms with Gasteiger partial charge < -0.3 is 15.4 Å². The van der Waals surface area contributed by atoms with Crippen LogP contribution in [-0.2, 0) is 6.54 Å². The highest BCUT2D eigenvalue weighted by Gasteiger charge is 2.13. The number of rotatable bonds is 9. The van der Waals surface area contributed by atoms with Crippen molar-refractivity contribution in [1.82, 2.24) is 9.97 Å². The molecule has 0 fully saturated rings. The second-order valence-corrected chi connectivity index (χ2v) is 7.14. The molecular formula is C26H25N5O. The van der Waals surface area contributed by atoms with E-state index in [1.807, 2.05) is 66.7 Å². The van der Waals surface area contributed by atoms with E-state index in [1.165, 1.54) is 6.33 Å². The maximum absolute atomic E-state index is 8.72. The molecule has 0 saturated heterocycles. The summed E-state index contributed by atoms with van der Waals surface area (Å²) in [6.45, 7) is 3.51. The van der Waals surface area contributed by atoms with E-state index in [1.54, 1.807) is 6.20 Å². The molecule has 1 heterocycles. The highest BCUT2D eigenvalue weighted by atomic mass is 16.5. The van der Waals surface area contributed by atoms with Crippen molar-refractivity contribution in [2.45, 2.75) is 13.5 Å². The largest absolute Gasteiger partial charge is 0.457 e. The Balaban J connectivity index is 1.49. The Morgan fingerprint density at radius 2 is 1.59 bits per heavy atom. The smallest absolute Gasteiger partial charge is 0.139 e. The number of hydrogen-bond donors (Lipinski definition) is 3. The van der Waals surface area contributed by atoms with Crippen molar-refractivity contribution >= 4 is 17.2 Å². The van der Waals surface area contributed by atoms with E-state index >= 15 is 0 Å². The van der Waals surface area contributed by atoms with Gasteiger partial charge in [-0.05, 0) is 55.0 Å². The third-order valence-electron chi connectivity index (χ3n) is 4.93. The highest BCUT2D eigenvalue weighted by molar-refractivity contribution is 6.13. The number of para-hydroxylation sites is 2. The first kappa shape index (κ1) is 21.1. The van der Waals surface area contributed by atoms with Gasteiger partial charge in [-0.25, -0.2) is 9.97 Å². The van der Waals surface area contributed by atoms with Crippen LogP contribution in [0.2, 0.25) is 0 Å². The average Bonchev–Trinajstić information content (AvgIpc) is 2.85. The minimum absolute atomic E-state index is 0.347. The van der Waals surface area contributed by atoms with E-state index in [9.17, 15) is 0 Å². The van der Waals surface area contributed by atoms with Crippen LogP contribution in [0, 0.1) is 5.41 Å². The Hall–Kier alpha value is -4.19. The second-order valence-electron chi connectivity index (χ2n) is 7.14. The Morgan fingerprint density at radius 1 is 0.875 bits per heavy atom. The SMILES string of the molecule is CCNc1ccccc1CNc1ncncc1C(=N)c1ccc(Oc2ccccc2)cc1. The molecule has 3 aromatic carbocycles. The number of anilines is 2. The summed E-state index contributed by atoms with van der Waals surface area (Å²) in [5, 5.41) is 15.5. The van der Waals surface area contributed by atoms with Crippen LogP contribution >= 0.6 is 0 Å². The maximum atomic E-state index is 8.72. The molecule has 0 radical (unpaired) electrons. The first-order valence-electron chi connectivity index (χ1n) is 10.5. The molecule has 3 N–H and O–H groups in total. The molecule has 0 aliphatic carbocycles. The quantitative estimate of drug-likeness (QED) is 0.300. The summed E-state index contributed by atoms with van der Waals surface area (Å²) in [5.41, 5.74) is 3.97. The molecule has 6 heteroatoms. The van der Waals surface area contributed by atoms with Gasteiger partial charge in [-0.1, -0.05) is 36.4 Å². The van der Waals surface area contributed by atoms with Gasteiger partial charge >= 0.3 is 0 Å². The van der Waals surface area contributed by atoms with E-state index in [0.29, 0.717) is 23.6 Å². The predicted octanol–water partition coefficient (Wildman–Crippen LogP) is 5.73. The molecule has 0 saturated carbocycles. The normalized spacial score (nSPS) is 10.4. The summed E-state index contributed by atoms with van der Waals surface area (Å²) in [4.78, 5) is 8.52. The molecule has 1 aromatic heterocycles. The fraction of sp³-hybridized carbons (Fsp3) is 0.115. The van der Waals surface area contributed by atoms with E-state index < -0.39 is 0 Å². The molecular weight excluding hydrogens is 398 g/mol. The fourth-order valence-corrected chi connectivity index (χ4v) is 3.34. The van der Waals surface area contributed by atoms with E-state index in [-0.39, 0.29) is 0 Å². The molecule has 0 unspecified atom stereocenters. The second kappa shape index (κ2) is 10.2. The zero-order valence-electron chi connectivity index (χ0n) is 17.9. The summed E-state index contributed by atoms with van der Waals surface area (Å²) >= 11 is 0. The fourth-order valence-electron chi connectivity index (χ4n) is 3.34. The molecule has 0 spiro atoms. The summed E-state index contributed by atoms with van der Waals surface area (Å²) < 4.78 is 5.85. The minimum Gasteiger partial charge on any atom is -0.457 e. The number of hydrogen-bond acceptors (Lipinski definition) is 6. The van der Waals surface area contributed by atoms with Crippen molar-refractivity contribution in [1.29, 1.82) is 5.41 Å². The Bertz CT molecular complexity index is 1180. The molecule has 4 aromatic rings. The number of nitrogens with zero attached hydrogens (tertiary/aromatic N) is 2. The number of ether oxygens (including phenoxy) is 1. The van der Waals surface area contributed by atoms with Gasteiger partial charge in [0.15, 0.2) is 0 Å². The molecule has 6 nitrogen and oxygen atoms in total. The van der Waals surface area contributed by atoms with Gasteiger partial charge in [0.05, 0.1) is 11.3 Å². The molecule has 4 rings (SSSR count). The van der Waals surface area contributed by atoms with Gasteiger partial charge in [0, 0.05) is 30.5 Å². The van der Waals surface area contributed by atoms with Crippen molar-refractivity contribution in [3.8, 4) is 11.5 Å². The summed E-state index contributed by atoms with van der Waals surface area (Å²) in [6, 6.07) is 25.2. The molecule has 0 aliphatic heterocycles. The molecule has 160 valence electrons. The van der Waals surface area contributed by atoms with Gasteiger partial charge in [0.1, 0.15) is 23.6 Å². The van der Waals surface area contributed by atoms with Crippen LogP contribution in [0.5, 0.6) is 11.5 Å². The van der Waals surface area contributed by atoms with Crippen LogP contribution < -0.4 is 15.4 Å². The topological polar surface area (TPSA) is 82.9 Å². The molecule has 0 aliphatic rings. The van der Waals surface area contributed by atoms with Crippen LogP contribution in [0.15, 0.2) is 91.4 Å². The lowest BCUT2D eigenvalue weighted by Crippen LogP contribution is -2.11. The van der Waals surface area contributed by atoms with Crippen LogP contribution in [0.25, 0.3) is 0 Å². The summed E-state index contributed by atoms with van der Waals surface area (Å²) in [7, 11) is 0. The van der Waals surface area contributed by atoms with Crippen molar-refractivity contribution in [3.05, 3.63) is 108 Å². The molecule has 0 amide bonds. The molecule has 32 heavy (non-hydrogen) atoms. The predicted molar refractivity (Wildman–Crippen MR) is 129 cm³/mol. The average molecular weight is 424 g/mol. The van der Waals surface area contributed by atoms with Crippen LogP contribution in [-0.4, -0.2) is 22.2 Å². The summed E-state index contributed by atoms with van der Waals surface area (Å²) in [6.07, 6.45) is 3.16. The van der Waals surface area contributed by atoms with Gasteiger partial charge in [-0.15, -0.1) is 0 Å². The van der Waals surface area contributed by atoms with Crippen LogP contribution in [0.4, 0.5) is 11.5 Å². The van der Waals surface area contributed by atoms with Crippen LogP contribution in [0.1, 0.15) is 23.6 Å². The van der Waals surface area contributed by atoms with Crippen molar-refractivity contribution < 1.29 is 4.74 Å². The zero-order chi connectivity index (χ0) is 22.2. The van der Waals surface area contributed by atoms with Gasteiger partial charge in [0.25, 0.3) is 0 Å². The van der Waals surface area contributed by atoms with Crippen molar-refractivity contribution in [3.63, 3.8) is 0 Å². The highest BCUT2D eigenvalue weighted by Crippen LogP contribution is 2.24. The Morgan fingerprint density at radius 3 is 2.38 bits per heavy atom. The van der Waals surface area contributed by atoms with Crippen LogP contribution in [0.3, 0.4) is 0 Å². The van der Waals surface area contributed by atoms with Crippen molar-refractivity contribution in [2.24, 2.45) is 0 Å². The number of benzene rings is 3.